The SMILES string of the molecule is C[C@@H](OCc1ccccc1)C(=O)NCc1nnc2ccccn12. The van der Waals surface area contributed by atoms with Gasteiger partial charge in [-0.15, -0.1) is 10.2 Å². The van der Waals surface area contributed by atoms with Crippen LogP contribution in [0.2, 0.25) is 0 Å². The second kappa shape index (κ2) is 7.02. The van der Waals surface area contributed by atoms with Gasteiger partial charge in [0.25, 0.3) is 0 Å². The van der Waals surface area contributed by atoms with Gasteiger partial charge in [-0.05, 0) is 24.6 Å². The van der Waals surface area contributed by atoms with E-state index < -0.39 is 6.10 Å². The van der Waals surface area contributed by atoms with Crippen molar-refractivity contribution in [1.29, 1.82) is 0 Å². The number of carbonyl (C=O) groups is 1. The molecule has 0 saturated heterocycles. The van der Waals surface area contributed by atoms with E-state index in [2.05, 4.69) is 15.5 Å². The molecule has 0 saturated carbocycles. The second-order valence-corrected chi connectivity index (χ2v) is 5.20. The Labute approximate surface area is 134 Å². The van der Waals surface area contributed by atoms with Crippen LogP contribution in [0.5, 0.6) is 0 Å². The molecule has 23 heavy (non-hydrogen) atoms. The van der Waals surface area contributed by atoms with Crippen LogP contribution < -0.4 is 5.32 Å². The molecule has 1 N–H and O–H groups in total. The Morgan fingerprint density at radius 1 is 1.17 bits per heavy atom. The minimum Gasteiger partial charge on any atom is -0.364 e. The summed E-state index contributed by atoms with van der Waals surface area (Å²) in [5.41, 5.74) is 1.79. The van der Waals surface area contributed by atoms with Crippen molar-refractivity contribution in [2.75, 3.05) is 0 Å². The Bertz CT molecular complexity index is 785. The number of rotatable bonds is 6. The van der Waals surface area contributed by atoms with Gasteiger partial charge in [0.1, 0.15) is 6.10 Å². The molecule has 0 bridgehead atoms. The molecule has 0 radical (unpaired) electrons. The van der Waals surface area contributed by atoms with Gasteiger partial charge in [-0.3, -0.25) is 9.20 Å². The van der Waals surface area contributed by atoms with Crippen molar-refractivity contribution < 1.29 is 9.53 Å². The van der Waals surface area contributed by atoms with Crippen LogP contribution in [0, 0.1) is 0 Å². The number of ether oxygens (including phenoxy) is 1. The average molecular weight is 310 g/mol. The van der Waals surface area contributed by atoms with E-state index in [1.165, 1.54) is 0 Å². The van der Waals surface area contributed by atoms with E-state index >= 15 is 0 Å². The molecule has 0 spiro atoms. The lowest BCUT2D eigenvalue weighted by atomic mass is 10.2. The van der Waals surface area contributed by atoms with Gasteiger partial charge in [-0.1, -0.05) is 36.4 Å². The molecular weight excluding hydrogens is 292 g/mol. The maximum Gasteiger partial charge on any atom is 0.249 e. The molecule has 0 aliphatic carbocycles. The molecule has 0 fully saturated rings. The number of pyridine rings is 1. The maximum atomic E-state index is 12.1. The topological polar surface area (TPSA) is 68.5 Å². The smallest absolute Gasteiger partial charge is 0.249 e. The highest BCUT2D eigenvalue weighted by atomic mass is 16.5. The van der Waals surface area contributed by atoms with E-state index in [0.29, 0.717) is 19.0 Å². The Morgan fingerprint density at radius 3 is 2.78 bits per heavy atom. The van der Waals surface area contributed by atoms with Crippen molar-refractivity contribution >= 4 is 11.6 Å². The first-order chi connectivity index (χ1) is 11.2. The highest BCUT2D eigenvalue weighted by Crippen LogP contribution is 2.05. The molecule has 1 atom stereocenters. The Balaban J connectivity index is 1.52. The molecule has 0 aliphatic heterocycles. The van der Waals surface area contributed by atoms with Crippen molar-refractivity contribution in [2.45, 2.75) is 26.2 Å². The fourth-order valence-electron chi connectivity index (χ4n) is 2.19. The summed E-state index contributed by atoms with van der Waals surface area (Å²) in [6, 6.07) is 15.4. The summed E-state index contributed by atoms with van der Waals surface area (Å²) in [6.07, 6.45) is 1.33. The van der Waals surface area contributed by atoms with Crippen LogP contribution in [0.3, 0.4) is 0 Å². The van der Waals surface area contributed by atoms with Crippen LogP contribution in [0.4, 0.5) is 0 Å². The third-order valence-corrected chi connectivity index (χ3v) is 3.52. The minimum absolute atomic E-state index is 0.173. The fraction of sp³-hybridized carbons (Fsp3) is 0.235. The number of nitrogens with zero attached hydrogens (tertiary/aromatic N) is 3. The Morgan fingerprint density at radius 2 is 1.96 bits per heavy atom. The number of benzene rings is 1. The van der Waals surface area contributed by atoms with Crippen molar-refractivity contribution in [2.24, 2.45) is 0 Å². The van der Waals surface area contributed by atoms with Gasteiger partial charge in [0, 0.05) is 6.20 Å². The van der Waals surface area contributed by atoms with Gasteiger partial charge in [-0.25, -0.2) is 0 Å². The zero-order chi connectivity index (χ0) is 16.1. The van der Waals surface area contributed by atoms with E-state index in [-0.39, 0.29) is 5.91 Å². The van der Waals surface area contributed by atoms with Crippen LogP contribution in [0.25, 0.3) is 5.65 Å². The summed E-state index contributed by atoms with van der Waals surface area (Å²) in [4.78, 5) is 12.1. The molecule has 118 valence electrons. The molecule has 2 aromatic heterocycles. The lowest BCUT2D eigenvalue weighted by Crippen LogP contribution is -2.34. The normalized spacial score (nSPS) is 12.2. The second-order valence-electron chi connectivity index (χ2n) is 5.20. The van der Waals surface area contributed by atoms with Crippen LogP contribution >= 0.6 is 0 Å². The number of fused-ring (bicyclic) bond motifs is 1. The van der Waals surface area contributed by atoms with Gasteiger partial charge in [-0.2, -0.15) is 0 Å². The van der Waals surface area contributed by atoms with E-state index in [1.807, 2.05) is 59.1 Å². The zero-order valence-electron chi connectivity index (χ0n) is 12.8. The van der Waals surface area contributed by atoms with Crippen LogP contribution in [0.15, 0.2) is 54.7 Å². The summed E-state index contributed by atoms with van der Waals surface area (Å²) in [6.45, 7) is 2.45. The molecule has 1 aromatic carbocycles. The van der Waals surface area contributed by atoms with Gasteiger partial charge in [0.15, 0.2) is 11.5 Å². The molecular formula is C17H18N4O2. The molecule has 2 heterocycles. The molecule has 3 aromatic rings. The molecule has 0 aliphatic rings. The van der Waals surface area contributed by atoms with E-state index in [0.717, 1.165) is 11.2 Å². The highest BCUT2D eigenvalue weighted by molar-refractivity contribution is 5.80. The molecule has 1 amide bonds. The third kappa shape index (κ3) is 3.73. The molecule has 6 heteroatoms. The third-order valence-electron chi connectivity index (χ3n) is 3.52. The summed E-state index contributed by atoms with van der Waals surface area (Å²) >= 11 is 0. The van der Waals surface area contributed by atoms with Gasteiger partial charge in [0.05, 0.1) is 13.2 Å². The Hall–Kier alpha value is -2.73. The van der Waals surface area contributed by atoms with E-state index in [9.17, 15) is 4.79 Å². The number of aromatic nitrogens is 3. The largest absolute Gasteiger partial charge is 0.364 e. The lowest BCUT2D eigenvalue weighted by molar-refractivity contribution is -0.132. The predicted molar refractivity (Wildman–Crippen MR) is 85.5 cm³/mol. The summed E-state index contributed by atoms with van der Waals surface area (Å²) < 4.78 is 7.44. The maximum absolute atomic E-state index is 12.1. The summed E-state index contributed by atoms with van der Waals surface area (Å²) in [5.74, 6) is 0.512. The highest BCUT2D eigenvalue weighted by Gasteiger charge is 2.14. The first-order valence-electron chi connectivity index (χ1n) is 7.46. The molecule has 0 unspecified atom stereocenters. The number of carbonyl (C=O) groups excluding carboxylic acids is 1. The summed E-state index contributed by atoms with van der Waals surface area (Å²) in [7, 11) is 0. The monoisotopic (exact) mass is 310 g/mol. The van der Waals surface area contributed by atoms with Crippen molar-refractivity contribution in [3.05, 3.63) is 66.1 Å². The molecule has 6 nitrogen and oxygen atoms in total. The fourth-order valence-corrected chi connectivity index (χ4v) is 2.19. The van der Waals surface area contributed by atoms with Crippen molar-refractivity contribution in [3.8, 4) is 0 Å². The number of hydrogen-bond donors (Lipinski definition) is 1. The van der Waals surface area contributed by atoms with E-state index in [1.54, 1.807) is 6.92 Å². The summed E-state index contributed by atoms with van der Waals surface area (Å²) in [5, 5.41) is 11.0. The van der Waals surface area contributed by atoms with Gasteiger partial charge >= 0.3 is 0 Å². The van der Waals surface area contributed by atoms with Crippen molar-refractivity contribution in [3.63, 3.8) is 0 Å². The predicted octanol–water partition coefficient (Wildman–Crippen LogP) is 1.95. The quantitative estimate of drug-likeness (QED) is 0.755. The number of amides is 1. The standard InChI is InChI=1S/C17H18N4O2/c1-13(23-12-14-7-3-2-4-8-14)17(22)18-11-16-20-19-15-9-5-6-10-21(15)16/h2-10,13H,11-12H2,1H3,(H,18,22)/t13-/m1/s1. The van der Waals surface area contributed by atoms with Crippen LogP contribution in [0.1, 0.15) is 18.3 Å². The van der Waals surface area contributed by atoms with Gasteiger partial charge < -0.3 is 10.1 Å². The number of nitrogens with one attached hydrogen (secondary N) is 1. The van der Waals surface area contributed by atoms with Gasteiger partial charge in [0.2, 0.25) is 5.91 Å². The Kier molecular flexibility index (Phi) is 4.63. The zero-order valence-corrected chi connectivity index (χ0v) is 12.8. The van der Waals surface area contributed by atoms with E-state index in [4.69, 9.17) is 4.74 Å². The lowest BCUT2D eigenvalue weighted by Gasteiger charge is -2.13. The number of hydrogen-bond acceptors (Lipinski definition) is 4. The average Bonchev–Trinajstić information content (AvgIpc) is 3.01. The minimum atomic E-state index is -0.533. The first-order valence-corrected chi connectivity index (χ1v) is 7.46. The van der Waals surface area contributed by atoms with Crippen LogP contribution in [-0.2, 0) is 22.7 Å². The van der Waals surface area contributed by atoms with Crippen LogP contribution in [-0.4, -0.2) is 26.6 Å². The molecule has 3 rings (SSSR count). The van der Waals surface area contributed by atoms with Crippen molar-refractivity contribution in [1.82, 2.24) is 19.9 Å². The first kappa shape index (κ1) is 15.2.